The van der Waals surface area contributed by atoms with E-state index in [-0.39, 0.29) is 57.3 Å². The molecule has 50 heavy (non-hydrogen) atoms. The number of aryl methyl sites for hydroxylation is 2. The number of benzene rings is 2. The first kappa shape index (κ1) is 32.6. The Morgan fingerprint density at radius 2 is 1.80 bits per heavy atom. The Morgan fingerprint density at radius 3 is 2.46 bits per heavy atom. The highest BCUT2D eigenvalue weighted by Gasteiger charge is 2.69. The van der Waals surface area contributed by atoms with Crippen LogP contribution in [-0.4, -0.2) is 56.6 Å². The molecule has 2 aliphatic rings. The molecule has 2 unspecified atom stereocenters. The van der Waals surface area contributed by atoms with Crippen LogP contribution in [0.25, 0.3) is 22.2 Å². The number of nitrogens with one attached hydrogen (secondary N) is 2. The lowest BCUT2D eigenvalue weighted by Gasteiger charge is -2.31. The van der Waals surface area contributed by atoms with Crippen LogP contribution in [0.1, 0.15) is 50.0 Å². The van der Waals surface area contributed by atoms with Gasteiger partial charge in [-0.1, -0.05) is 0 Å². The van der Waals surface area contributed by atoms with Gasteiger partial charge in [0.15, 0.2) is 17.3 Å². The summed E-state index contributed by atoms with van der Waals surface area (Å²) in [7, 11) is 0. The minimum Gasteiger partial charge on any atom is -0.486 e. The predicted molar refractivity (Wildman–Crippen MR) is 167 cm³/mol. The Labute approximate surface area is 279 Å². The third-order valence-corrected chi connectivity index (χ3v) is 8.85. The standard InChI is InChI=1S/C34H26F4N6O6/c1-15-7-18-8-19(9-22(26(18)40-12-15)43-30(46)23-13-49-16(2)42-23)29(45)41-14-33(48,34(36,37)38)24-10-21-28(50-25-11-32(21,25)31(39)47)27(44-24)17-3-5-20(35)6-4-17/h3-10,12-13,25,48H,11,14H2,1-2H3,(H2,39,47)(H,41,45)(H,43,46)/t25?,32-,33?/m1/s1. The second-order valence-corrected chi connectivity index (χ2v) is 12.2. The first-order valence-electron chi connectivity index (χ1n) is 15.1. The maximum atomic E-state index is 14.9. The van der Waals surface area contributed by atoms with Gasteiger partial charge in [-0.25, -0.2) is 14.4 Å². The number of aliphatic hydroxyl groups is 1. The number of halogens is 4. The molecule has 1 aliphatic carbocycles. The largest absolute Gasteiger partial charge is 0.486 e. The van der Waals surface area contributed by atoms with Crippen molar-refractivity contribution >= 4 is 34.3 Å². The highest BCUT2D eigenvalue weighted by Crippen LogP contribution is 2.61. The monoisotopic (exact) mass is 690 g/mol. The van der Waals surface area contributed by atoms with E-state index in [1.807, 2.05) is 0 Å². The second kappa shape index (κ2) is 11.3. The number of ether oxygens (including phenoxy) is 1. The maximum Gasteiger partial charge on any atom is 0.424 e. The number of rotatable bonds is 8. The molecule has 12 nitrogen and oxygen atoms in total. The molecule has 0 bridgehead atoms. The molecular weight excluding hydrogens is 664 g/mol. The zero-order chi connectivity index (χ0) is 35.7. The van der Waals surface area contributed by atoms with E-state index in [0.717, 1.165) is 24.5 Å². The van der Waals surface area contributed by atoms with Gasteiger partial charge in [-0.15, -0.1) is 0 Å². The molecule has 0 saturated heterocycles. The van der Waals surface area contributed by atoms with Crippen LogP contribution >= 0.6 is 0 Å². The number of nitrogens with two attached hydrogens (primary N) is 1. The van der Waals surface area contributed by atoms with Gasteiger partial charge < -0.3 is 30.6 Å². The third kappa shape index (κ3) is 5.28. The number of alkyl halides is 3. The minimum atomic E-state index is -5.41. The lowest BCUT2D eigenvalue weighted by molar-refractivity contribution is -0.265. The van der Waals surface area contributed by atoms with Crippen molar-refractivity contribution in [3.05, 3.63) is 101 Å². The fourth-order valence-electron chi connectivity index (χ4n) is 6.08. The molecular formula is C34H26F4N6O6. The van der Waals surface area contributed by atoms with Crippen molar-refractivity contribution in [2.24, 2.45) is 5.73 Å². The van der Waals surface area contributed by atoms with Crippen molar-refractivity contribution in [1.82, 2.24) is 20.3 Å². The summed E-state index contributed by atoms with van der Waals surface area (Å²) in [6.07, 6.45) is -3.40. The molecule has 3 aromatic heterocycles. The minimum absolute atomic E-state index is 0.00610. The molecule has 7 rings (SSSR count). The quantitative estimate of drug-likeness (QED) is 0.172. The molecule has 5 N–H and O–H groups in total. The average Bonchev–Trinajstić information content (AvgIpc) is 3.47. The molecule has 0 spiro atoms. The van der Waals surface area contributed by atoms with Crippen LogP contribution < -0.4 is 21.1 Å². The Morgan fingerprint density at radius 1 is 1.06 bits per heavy atom. The van der Waals surface area contributed by atoms with Crippen molar-refractivity contribution in [3.63, 3.8) is 0 Å². The zero-order valence-electron chi connectivity index (χ0n) is 26.2. The van der Waals surface area contributed by atoms with E-state index in [2.05, 4.69) is 25.6 Å². The molecule has 0 radical (unpaired) electrons. The summed E-state index contributed by atoms with van der Waals surface area (Å²) >= 11 is 0. The van der Waals surface area contributed by atoms with Crippen molar-refractivity contribution < 1.29 is 46.2 Å². The fourth-order valence-corrected chi connectivity index (χ4v) is 6.08. The Kier molecular flexibility index (Phi) is 7.40. The lowest BCUT2D eigenvalue weighted by atomic mass is 9.89. The van der Waals surface area contributed by atoms with E-state index in [1.54, 1.807) is 13.0 Å². The van der Waals surface area contributed by atoms with Crippen molar-refractivity contribution in [2.75, 3.05) is 11.9 Å². The summed E-state index contributed by atoms with van der Waals surface area (Å²) in [6, 6.07) is 9.81. The zero-order valence-corrected chi connectivity index (χ0v) is 26.2. The number of carbonyl (C=O) groups is 3. The van der Waals surface area contributed by atoms with Gasteiger partial charge in [-0.05, 0) is 61.0 Å². The van der Waals surface area contributed by atoms with Gasteiger partial charge in [-0.2, -0.15) is 13.2 Å². The van der Waals surface area contributed by atoms with Crippen molar-refractivity contribution in [3.8, 4) is 17.0 Å². The number of pyridine rings is 2. The van der Waals surface area contributed by atoms with Gasteiger partial charge in [0.05, 0.1) is 23.4 Å². The van der Waals surface area contributed by atoms with Gasteiger partial charge in [-0.3, -0.25) is 19.4 Å². The number of primary amides is 1. The topological polar surface area (TPSA) is 183 Å². The Bertz CT molecular complexity index is 2240. The van der Waals surface area contributed by atoms with Gasteiger partial charge in [0.25, 0.3) is 11.8 Å². The summed E-state index contributed by atoms with van der Waals surface area (Å²) in [6.45, 7) is 1.86. The summed E-state index contributed by atoms with van der Waals surface area (Å²) in [4.78, 5) is 51.3. The van der Waals surface area contributed by atoms with Gasteiger partial charge in [0.2, 0.25) is 11.5 Å². The van der Waals surface area contributed by atoms with Crippen LogP contribution in [0, 0.1) is 19.7 Å². The third-order valence-electron chi connectivity index (χ3n) is 8.85. The molecule has 3 amide bonds. The number of amides is 3. The molecule has 1 aliphatic heterocycles. The van der Waals surface area contributed by atoms with Gasteiger partial charge in [0, 0.05) is 41.6 Å². The Balaban J connectivity index is 1.26. The molecule has 2 aromatic carbocycles. The lowest BCUT2D eigenvalue weighted by Crippen LogP contribution is -2.51. The van der Waals surface area contributed by atoms with Crippen LogP contribution in [0.2, 0.25) is 0 Å². The van der Waals surface area contributed by atoms with Crippen molar-refractivity contribution in [2.45, 2.75) is 43.6 Å². The van der Waals surface area contributed by atoms with E-state index in [1.165, 1.54) is 37.4 Å². The number of fused-ring (bicyclic) bond motifs is 4. The number of aromatic nitrogens is 3. The first-order chi connectivity index (χ1) is 23.6. The van der Waals surface area contributed by atoms with Crippen molar-refractivity contribution in [1.29, 1.82) is 0 Å². The number of carbonyl (C=O) groups excluding carboxylic acids is 3. The van der Waals surface area contributed by atoms with Crippen LogP contribution in [0.5, 0.6) is 5.75 Å². The number of oxazole rings is 1. The highest BCUT2D eigenvalue weighted by molar-refractivity contribution is 6.09. The molecule has 256 valence electrons. The van der Waals surface area contributed by atoms with Crippen LogP contribution in [-0.2, 0) is 15.8 Å². The number of nitrogens with zero attached hydrogens (tertiary/aromatic N) is 3. The van der Waals surface area contributed by atoms with E-state index >= 15 is 0 Å². The van der Waals surface area contributed by atoms with Crippen LogP contribution in [0.3, 0.4) is 0 Å². The smallest absolute Gasteiger partial charge is 0.424 e. The number of hydrogen-bond donors (Lipinski definition) is 4. The molecule has 1 fully saturated rings. The van der Waals surface area contributed by atoms with E-state index in [4.69, 9.17) is 14.9 Å². The molecule has 1 saturated carbocycles. The normalized spacial score (nSPS) is 18.8. The summed E-state index contributed by atoms with van der Waals surface area (Å²) in [5.74, 6) is -2.97. The van der Waals surface area contributed by atoms with E-state index in [9.17, 15) is 37.1 Å². The first-order valence-corrected chi connectivity index (χ1v) is 15.1. The number of hydrogen-bond acceptors (Lipinski definition) is 9. The molecule has 3 atom stereocenters. The molecule has 5 aromatic rings. The SMILES string of the molecule is Cc1cnc2c(NC(=O)c3coc(C)n3)cc(C(=O)NCC(O)(c3cc4c(c(-c5ccc(F)cc5)n3)OC3C[C@@]43C(N)=O)C(F)(F)F)cc2c1. The van der Waals surface area contributed by atoms with Gasteiger partial charge in [0.1, 0.15) is 29.3 Å². The number of anilines is 1. The van der Waals surface area contributed by atoms with Gasteiger partial charge >= 0.3 is 6.18 Å². The highest BCUT2D eigenvalue weighted by atomic mass is 19.4. The molecule has 16 heteroatoms. The summed E-state index contributed by atoms with van der Waals surface area (Å²) in [5.41, 5.74) is 0.241. The summed E-state index contributed by atoms with van der Waals surface area (Å²) in [5, 5.41) is 16.5. The summed E-state index contributed by atoms with van der Waals surface area (Å²) < 4.78 is 69.3. The second-order valence-electron chi connectivity index (χ2n) is 12.2. The van der Waals surface area contributed by atoms with E-state index in [0.29, 0.717) is 10.9 Å². The van der Waals surface area contributed by atoms with Crippen LogP contribution in [0.15, 0.2) is 65.4 Å². The molecule has 4 heterocycles. The van der Waals surface area contributed by atoms with E-state index < -0.39 is 59.1 Å². The fraction of sp³-hybridized carbons (Fsp3) is 0.235. The maximum absolute atomic E-state index is 14.9. The average molecular weight is 691 g/mol. The predicted octanol–water partition coefficient (Wildman–Crippen LogP) is 4.36. The Hall–Kier alpha value is -5.90. The van der Waals surface area contributed by atoms with Crippen LogP contribution in [0.4, 0.5) is 23.2 Å².